The lowest BCUT2D eigenvalue weighted by Crippen LogP contribution is -2.52. The Labute approximate surface area is 124 Å². The maximum atomic E-state index is 12.1. The van der Waals surface area contributed by atoms with Crippen molar-refractivity contribution in [3.05, 3.63) is 47.0 Å². The van der Waals surface area contributed by atoms with Crippen LogP contribution in [0.5, 0.6) is 0 Å². The van der Waals surface area contributed by atoms with E-state index in [4.69, 9.17) is 0 Å². The third-order valence-electron chi connectivity index (χ3n) is 5.25. The average molecular weight is 284 g/mol. The Kier molecular flexibility index (Phi) is 3.33. The highest BCUT2D eigenvalue weighted by Gasteiger charge is 2.55. The fraction of sp³-hybridized carbons (Fsp3) is 0.444. The van der Waals surface area contributed by atoms with E-state index in [9.17, 15) is 14.7 Å². The van der Waals surface area contributed by atoms with Crippen molar-refractivity contribution in [3.8, 4) is 0 Å². The Balaban J connectivity index is 1.80. The van der Waals surface area contributed by atoms with Gasteiger partial charge in [0.1, 0.15) is 6.29 Å². The third kappa shape index (κ3) is 2.26. The van der Waals surface area contributed by atoms with Gasteiger partial charge in [0.05, 0.1) is 6.10 Å². The minimum atomic E-state index is -0.670. The molecule has 3 atom stereocenters. The Bertz CT molecular complexity index is 627. The van der Waals surface area contributed by atoms with Gasteiger partial charge in [-0.15, -0.1) is 0 Å². The van der Waals surface area contributed by atoms with Gasteiger partial charge in [-0.05, 0) is 41.9 Å². The molecule has 110 valence electrons. The number of rotatable bonds is 4. The molecule has 0 spiro atoms. The Morgan fingerprint density at radius 3 is 2.76 bits per heavy atom. The van der Waals surface area contributed by atoms with Gasteiger partial charge in [0, 0.05) is 11.5 Å². The maximum Gasteiger partial charge on any atom is 0.159 e. The zero-order valence-corrected chi connectivity index (χ0v) is 12.4. The van der Waals surface area contributed by atoms with Gasteiger partial charge >= 0.3 is 0 Å². The van der Waals surface area contributed by atoms with E-state index in [1.807, 2.05) is 6.07 Å². The zero-order valence-electron chi connectivity index (χ0n) is 12.4. The summed E-state index contributed by atoms with van der Waals surface area (Å²) in [6, 6.07) is 7.01. The van der Waals surface area contributed by atoms with Gasteiger partial charge in [0.2, 0.25) is 0 Å². The topological polar surface area (TPSA) is 54.4 Å². The molecule has 0 radical (unpaired) electrons. The molecule has 0 amide bonds. The van der Waals surface area contributed by atoms with E-state index in [-0.39, 0.29) is 17.1 Å². The number of ketones is 1. The summed E-state index contributed by atoms with van der Waals surface area (Å²) in [5.74, 6) is 0.747. The first kappa shape index (κ1) is 14.2. The zero-order chi connectivity index (χ0) is 15.2. The van der Waals surface area contributed by atoms with E-state index in [1.165, 1.54) is 0 Å². The number of hydrogen-bond acceptors (Lipinski definition) is 3. The molecule has 3 nitrogen and oxygen atoms in total. The number of hydrogen-bond donors (Lipinski definition) is 1. The van der Waals surface area contributed by atoms with Gasteiger partial charge in [-0.3, -0.25) is 9.59 Å². The molecule has 1 saturated carbocycles. The smallest absolute Gasteiger partial charge is 0.159 e. The van der Waals surface area contributed by atoms with Crippen molar-refractivity contribution in [3.63, 3.8) is 0 Å². The summed E-state index contributed by atoms with van der Waals surface area (Å²) < 4.78 is 0. The summed E-state index contributed by atoms with van der Waals surface area (Å²) in [6.45, 7) is 4.27. The summed E-state index contributed by atoms with van der Waals surface area (Å²) >= 11 is 0. The van der Waals surface area contributed by atoms with E-state index >= 15 is 0 Å². The highest BCUT2D eigenvalue weighted by atomic mass is 16.3. The lowest BCUT2D eigenvalue weighted by Gasteiger charge is -2.55. The Morgan fingerprint density at radius 1 is 1.38 bits per heavy atom. The largest absolute Gasteiger partial charge is 0.388 e. The number of fused-ring (bicyclic) bond motifs is 1. The predicted octanol–water partition coefficient (Wildman–Crippen LogP) is 3.09. The second-order valence-corrected chi connectivity index (χ2v) is 6.79. The quantitative estimate of drug-likeness (QED) is 0.864. The number of allylic oxidation sites excluding steroid dienone is 1. The molecule has 1 aromatic carbocycles. The van der Waals surface area contributed by atoms with Gasteiger partial charge in [0.15, 0.2) is 5.78 Å². The van der Waals surface area contributed by atoms with Crippen LogP contribution in [0.1, 0.15) is 48.7 Å². The second-order valence-electron chi connectivity index (χ2n) is 6.79. The molecule has 0 aromatic heterocycles. The monoisotopic (exact) mass is 284 g/mol. The summed E-state index contributed by atoms with van der Waals surface area (Å²) in [7, 11) is 0. The Morgan fingerprint density at radius 2 is 2.14 bits per heavy atom. The van der Waals surface area contributed by atoms with Crippen LogP contribution in [0, 0.1) is 17.3 Å². The van der Waals surface area contributed by atoms with E-state index in [2.05, 4.69) is 13.8 Å². The normalized spacial score (nSPS) is 27.6. The lowest BCUT2D eigenvalue weighted by molar-refractivity contribution is -0.134. The van der Waals surface area contributed by atoms with Crippen LogP contribution in [-0.4, -0.2) is 17.2 Å². The fourth-order valence-corrected chi connectivity index (χ4v) is 3.80. The van der Waals surface area contributed by atoms with E-state index < -0.39 is 6.10 Å². The molecule has 3 unspecified atom stereocenters. The summed E-state index contributed by atoms with van der Waals surface area (Å²) in [5, 5.41) is 10.4. The first-order valence-electron chi connectivity index (χ1n) is 7.41. The summed E-state index contributed by atoms with van der Waals surface area (Å²) in [6.07, 6.45) is 3.22. The molecular weight excluding hydrogens is 264 g/mol. The minimum Gasteiger partial charge on any atom is -0.388 e. The van der Waals surface area contributed by atoms with Crippen molar-refractivity contribution < 1.29 is 14.7 Å². The van der Waals surface area contributed by atoms with Crippen molar-refractivity contribution in [2.45, 2.75) is 32.8 Å². The van der Waals surface area contributed by atoms with Crippen molar-refractivity contribution in [1.29, 1.82) is 0 Å². The highest BCUT2D eigenvalue weighted by Crippen LogP contribution is 2.59. The van der Waals surface area contributed by atoms with Gasteiger partial charge in [-0.2, -0.15) is 0 Å². The van der Waals surface area contributed by atoms with Crippen LogP contribution in [0.3, 0.4) is 0 Å². The van der Waals surface area contributed by atoms with Crippen LogP contribution in [0.2, 0.25) is 0 Å². The average Bonchev–Trinajstić information content (AvgIpc) is 2.46. The van der Waals surface area contributed by atoms with Crippen molar-refractivity contribution in [1.82, 2.24) is 0 Å². The van der Waals surface area contributed by atoms with E-state index in [1.54, 1.807) is 24.3 Å². The number of carbonyl (C=O) groups is 2. The van der Waals surface area contributed by atoms with Crippen LogP contribution in [0.4, 0.5) is 0 Å². The van der Waals surface area contributed by atoms with Crippen molar-refractivity contribution >= 4 is 12.1 Å². The molecule has 0 saturated heterocycles. The van der Waals surface area contributed by atoms with E-state index in [0.717, 1.165) is 23.8 Å². The molecule has 1 N–H and O–H groups in total. The van der Waals surface area contributed by atoms with Crippen LogP contribution in [0.15, 0.2) is 35.9 Å². The number of aliphatic hydroxyl groups is 1. The molecule has 3 aliphatic rings. The maximum absolute atomic E-state index is 12.1. The van der Waals surface area contributed by atoms with Gasteiger partial charge in [0.25, 0.3) is 0 Å². The van der Waals surface area contributed by atoms with Crippen molar-refractivity contribution in [2.24, 2.45) is 17.3 Å². The fourth-order valence-electron chi connectivity index (χ4n) is 3.80. The molecule has 3 aliphatic carbocycles. The molecule has 2 bridgehead atoms. The summed E-state index contributed by atoms with van der Waals surface area (Å²) in [5.41, 5.74) is 2.36. The SMILES string of the molecule is CC1(C)C2CC1C(CC(O)c1cccc(C=O)c1)=CC2=O. The number of carbonyl (C=O) groups excluding carboxylic acids is 2. The van der Waals surface area contributed by atoms with Crippen molar-refractivity contribution in [2.75, 3.05) is 0 Å². The van der Waals surface area contributed by atoms with Gasteiger partial charge in [-0.1, -0.05) is 37.6 Å². The standard InChI is InChI=1S/C18H20O3/c1-18(2)14-9-15(18)17(21)8-13(14)7-16(20)12-5-3-4-11(6-12)10-19/h3-6,8,10,14-16,20H,7,9H2,1-2H3. The molecule has 3 heteroatoms. The van der Waals surface area contributed by atoms with E-state index in [0.29, 0.717) is 17.9 Å². The predicted molar refractivity (Wildman–Crippen MR) is 79.9 cm³/mol. The Hall–Kier alpha value is -1.74. The highest BCUT2D eigenvalue weighted by molar-refractivity contribution is 5.96. The minimum absolute atomic E-state index is 0.0194. The second kappa shape index (κ2) is 4.92. The van der Waals surface area contributed by atoms with Gasteiger partial charge in [-0.25, -0.2) is 0 Å². The number of benzene rings is 1. The van der Waals surface area contributed by atoms with Gasteiger partial charge < -0.3 is 5.11 Å². The molecule has 21 heavy (non-hydrogen) atoms. The number of aldehydes is 1. The molecule has 1 aromatic rings. The first-order chi connectivity index (χ1) is 9.93. The molecule has 0 heterocycles. The molecule has 4 rings (SSSR count). The van der Waals surface area contributed by atoms with Crippen LogP contribution >= 0.6 is 0 Å². The number of aliphatic hydroxyl groups excluding tert-OH is 1. The van der Waals surface area contributed by atoms with Crippen LogP contribution < -0.4 is 0 Å². The first-order valence-corrected chi connectivity index (χ1v) is 7.41. The molecule has 0 aliphatic heterocycles. The molecule has 1 fully saturated rings. The third-order valence-corrected chi connectivity index (χ3v) is 5.25. The lowest BCUT2D eigenvalue weighted by atomic mass is 9.48. The van der Waals surface area contributed by atoms with Crippen LogP contribution in [0.25, 0.3) is 0 Å². The van der Waals surface area contributed by atoms with Crippen LogP contribution in [-0.2, 0) is 4.79 Å². The molecular formula is C18H20O3. The summed E-state index contributed by atoms with van der Waals surface area (Å²) in [4.78, 5) is 22.9.